The molecule has 0 spiro atoms. The molecular weight excluding hydrogens is 284 g/mol. The molecule has 110 valence electrons. The number of fused-ring (bicyclic) bond motifs is 1. The molecule has 2 aromatic rings. The van der Waals surface area contributed by atoms with Crippen LogP contribution in [0.3, 0.4) is 0 Å². The largest absolute Gasteiger partial charge is 0.326 e. The number of anilines is 2. The van der Waals surface area contributed by atoms with Crippen LogP contribution in [-0.2, 0) is 16.6 Å². The lowest BCUT2D eigenvalue weighted by molar-refractivity contribution is 0.588. The summed E-state index contributed by atoms with van der Waals surface area (Å²) in [6.45, 7) is 2.77. The zero-order valence-electron chi connectivity index (χ0n) is 11.9. The van der Waals surface area contributed by atoms with Crippen molar-refractivity contribution in [2.75, 3.05) is 21.7 Å². The van der Waals surface area contributed by atoms with Crippen LogP contribution < -0.4 is 8.61 Å². The molecule has 0 unspecified atom stereocenters. The van der Waals surface area contributed by atoms with Crippen LogP contribution >= 0.6 is 0 Å². The van der Waals surface area contributed by atoms with Crippen molar-refractivity contribution in [3.05, 3.63) is 60.2 Å². The first-order valence-electron chi connectivity index (χ1n) is 7.08. The number of hydrogen-bond acceptors (Lipinski definition) is 2. The van der Waals surface area contributed by atoms with E-state index in [0.717, 1.165) is 17.7 Å². The van der Waals surface area contributed by atoms with Crippen LogP contribution in [0.2, 0.25) is 0 Å². The molecule has 0 atom stereocenters. The Bertz CT molecular complexity index is 721. The number of nitrogens with zero attached hydrogens (tertiary/aromatic N) is 2. The van der Waals surface area contributed by atoms with Crippen molar-refractivity contribution in [2.45, 2.75) is 13.3 Å². The molecule has 4 nitrogen and oxygen atoms in total. The summed E-state index contributed by atoms with van der Waals surface area (Å²) in [4.78, 5) is 0. The van der Waals surface area contributed by atoms with Gasteiger partial charge in [0.15, 0.2) is 0 Å². The third-order valence-corrected chi connectivity index (χ3v) is 5.70. The molecule has 21 heavy (non-hydrogen) atoms. The van der Waals surface area contributed by atoms with Crippen LogP contribution in [0.5, 0.6) is 0 Å². The first-order chi connectivity index (χ1) is 10.1. The van der Waals surface area contributed by atoms with E-state index in [1.165, 1.54) is 8.61 Å². The van der Waals surface area contributed by atoms with Gasteiger partial charge in [0.1, 0.15) is 0 Å². The lowest BCUT2D eigenvalue weighted by atomic mass is 10.2. The van der Waals surface area contributed by atoms with Gasteiger partial charge in [-0.2, -0.15) is 8.42 Å². The molecule has 5 heteroatoms. The molecule has 0 radical (unpaired) electrons. The average Bonchev–Trinajstić information content (AvgIpc) is 2.93. The molecule has 0 N–H and O–H groups in total. The highest BCUT2D eigenvalue weighted by molar-refractivity contribution is 7.94. The van der Waals surface area contributed by atoms with Crippen LogP contribution in [0.15, 0.2) is 54.6 Å². The van der Waals surface area contributed by atoms with Crippen molar-refractivity contribution in [1.82, 2.24) is 0 Å². The monoisotopic (exact) mass is 302 g/mol. The molecule has 0 amide bonds. The second kappa shape index (κ2) is 5.41. The Morgan fingerprint density at radius 3 is 2.43 bits per heavy atom. The Balaban J connectivity index is 2.01. The third-order valence-electron chi connectivity index (χ3n) is 3.73. The minimum atomic E-state index is -3.55. The van der Waals surface area contributed by atoms with E-state index in [-0.39, 0.29) is 0 Å². The minimum absolute atomic E-state index is 0.408. The van der Waals surface area contributed by atoms with Crippen LogP contribution in [0.4, 0.5) is 11.4 Å². The molecule has 1 aliphatic rings. The third kappa shape index (κ3) is 2.38. The fraction of sp³-hybridized carbons (Fsp3) is 0.250. The highest BCUT2D eigenvalue weighted by Gasteiger charge is 2.33. The summed E-state index contributed by atoms with van der Waals surface area (Å²) in [5, 5.41) is 0. The minimum Gasteiger partial charge on any atom is -0.254 e. The van der Waals surface area contributed by atoms with E-state index in [9.17, 15) is 8.42 Å². The van der Waals surface area contributed by atoms with Gasteiger partial charge in [0.25, 0.3) is 0 Å². The lowest BCUT2D eigenvalue weighted by Crippen LogP contribution is -2.43. The predicted molar refractivity (Wildman–Crippen MR) is 85.9 cm³/mol. The quantitative estimate of drug-likeness (QED) is 0.871. The van der Waals surface area contributed by atoms with Crippen molar-refractivity contribution < 1.29 is 8.42 Å². The molecule has 0 saturated heterocycles. The Morgan fingerprint density at radius 1 is 1.05 bits per heavy atom. The Labute approximate surface area is 125 Å². The van der Waals surface area contributed by atoms with E-state index in [0.29, 0.717) is 18.8 Å². The number of hydrogen-bond donors (Lipinski definition) is 0. The van der Waals surface area contributed by atoms with Crippen molar-refractivity contribution in [3.8, 4) is 0 Å². The highest BCUT2D eigenvalue weighted by atomic mass is 32.2. The summed E-state index contributed by atoms with van der Waals surface area (Å²) >= 11 is 0. The molecule has 0 aliphatic carbocycles. The molecular formula is C16H18N2O2S. The maximum absolute atomic E-state index is 13.0. The molecule has 0 bridgehead atoms. The van der Waals surface area contributed by atoms with E-state index in [1.54, 1.807) is 0 Å². The standard InChI is InChI=1S/C16H18N2O2S/c1-2-17(15-9-4-3-5-10-15)21(19,20)18-13-12-14-8-6-7-11-16(14)18/h3-11H,2,12-13H2,1H3. The van der Waals surface area contributed by atoms with Crippen LogP contribution in [0.1, 0.15) is 12.5 Å². The van der Waals surface area contributed by atoms with Gasteiger partial charge in [0.2, 0.25) is 0 Å². The Morgan fingerprint density at radius 2 is 1.71 bits per heavy atom. The van der Waals surface area contributed by atoms with Gasteiger partial charge in [-0.1, -0.05) is 36.4 Å². The maximum atomic E-state index is 13.0. The maximum Gasteiger partial charge on any atom is 0.326 e. The van der Waals surface area contributed by atoms with E-state index in [4.69, 9.17) is 0 Å². The van der Waals surface area contributed by atoms with Gasteiger partial charge < -0.3 is 0 Å². The zero-order chi connectivity index (χ0) is 14.9. The Kier molecular flexibility index (Phi) is 3.59. The van der Waals surface area contributed by atoms with E-state index in [2.05, 4.69) is 0 Å². The summed E-state index contributed by atoms with van der Waals surface area (Å²) < 4.78 is 28.9. The average molecular weight is 302 g/mol. The Hall–Kier alpha value is -2.01. The predicted octanol–water partition coefficient (Wildman–Crippen LogP) is 2.82. The summed E-state index contributed by atoms with van der Waals surface area (Å²) in [6.07, 6.45) is 0.766. The van der Waals surface area contributed by atoms with Crippen molar-refractivity contribution in [2.24, 2.45) is 0 Å². The van der Waals surface area contributed by atoms with Crippen molar-refractivity contribution in [1.29, 1.82) is 0 Å². The van der Waals surface area contributed by atoms with Gasteiger partial charge in [-0.05, 0) is 37.1 Å². The normalized spacial score (nSPS) is 14.0. The van der Waals surface area contributed by atoms with E-state index in [1.807, 2.05) is 61.5 Å². The molecule has 2 aromatic carbocycles. The molecule has 0 saturated carbocycles. The first kappa shape index (κ1) is 13.9. The smallest absolute Gasteiger partial charge is 0.254 e. The van der Waals surface area contributed by atoms with Crippen LogP contribution in [0.25, 0.3) is 0 Å². The van der Waals surface area contributed by atoms with Gasteiger partial charge in [0.05, 0.1) is 11.4 Å². The van der Waals surface area contributed by atoms with Crippen molar-refractivity contribution >= 4 is 21.6 Å². The summed E-state index contributed by atoms with van der Waals surface area (Å²) in [6, 6.07) is 16.9. The number of para-hydroxylation sites is 2. The fourth-order valence-electron chi connectivity index (χ4n) is 2.74. The first-order valence-corrected chi connectivity index (χ1v) is 8.47. The second-order valence-electron chi connectivity index (χ2n) is 4.96. The van der Waals surface area contributed by atoms with Crippen molar-refractivity contribution in [3.63, 3.8) is 0 Å². The molecule has 3 rings (SSSR count). The SMILES string of the molecule is CCN(c1ccccc1)S(=O)(=O)N1CCc2ccccc21. The van der Waals surface area contributed by atoms with Gasteiger partial charge in [0, 0.05) is 13.1 Å². The topological polar surface area (TPSA) is 40.6 Å². The van der Waals surface area contributed by atoms with Gasteiger partial charge in [-0.3, -0.25) is 8.61 Å². The molecule has 1 aliphatic heterocycles. The summed E-state index contributed by atoms with van der Waals surface area (Å²) in [7, 11) is -3.55. The van der Waals surface area contributed by atoms with Crippen LogP contribution in [-0.4, -0.2) is 21.5 Å². The summed E-state index contributed by atoms with van der Waals surface area (Å²) in [5.41, 5.74) is 2.58. The molecule has 0 aromatic heterocycles. The van der Waals surface area contributed by atoms with E-state index >= 15 is 0 Å². The number of benzene rings is 2. The van der Waals surface area contributed by atoms with Gasteiger partial charge in [-0.25, -0.2) is 0 Å². The van der Waals surface area contributed by atoms with E-state index < -0.39 is 10.2 Å². The lowest BCUT2D eigenvalue weighted by Gasteiger charge is -2.29. The molecule has 0 fully saturated rings. The second-order valence-corrected chi connectivity index (χ2v) is 6.74. The zero-order valence-corrected chi connectivity index (χ0v) is 12.8. The number of rotatable bonds is 4. The van der Waals surface area contributed by atoms with Gasteiger partial charge >= 0.3 is 10.2 Å². The molecule has 1 heterocycles. The van der Waals surface area contributed by atoms with Crippen LogP contribution in [0, 0.1) is 0 Å². The fourth-order valence-corrected chi connectivity index (χ4v) is 4.44. The van der Waals surface area contributed by atoms with Gasteiger partial charge in [-0.15, -0.1) is 0 Å². The summed E-state index contributed by atoms with van der Waals surface area (Å²) in [5.74, 6) is 0. The highest BCUT2D eigenvalue weighted by Crippen LogP contribution is 2.32.